The van der Waals surface area contributed by atoms with Crippen LogP contribution in [0, 0.1) is 0 Å². The minimum atomic E-state index is -4.25. The summed E-state index contributed by atoms with van der Waals surface area (Å²) in [7, 11) is -4.25. The van der Waals surface area contributed by atoms with Crippen LogP contribution in [-0.4, -0.2) is 13.0 Å². The first-order valence-electron chi connectivity index (χ1n) is 5.60. The number of rotatable bonds is 2. The molecule has 1 heterocycles. The number of fused-ring (bicyclic) bond motifs is 1. The number of benzene rings is 2. The normalized spacial score (nSPS) is 11.8. The van der Waals surface area contributed by atoms with Crippen LogP contribution in [-0.2, 0) is 10.1 Å². The monoisotopic (exact) mass is 274 g/mol. The van der Waals surface area contributed by atoms with Gasteiger partial charge < -0.3 is 4.42 Å². The summed E-state index contributed by atoms with van der Waals surface area (Å²) < 4.78 is 37.4. The molecular formula is C14H10O4S. The van der Waals surface area contributed by atoms with E-state index in [-0.39, 0.29) is 4.90 Å². The summed E-state index contributed by atoms with van der Waals surface area (Å²) in [6.07, 6.45) is 1.56. The molecule has 0 atom stereocenters. The van der Waals surface area contributed by atoms with Gasteiger partial charge in [-0.25, -0.2) is 0 Å². The molecule has 0 saturated carbocycles. The van der Waals surface area contributed by atoms with Crippen molar-refractivity contribution in [3.8, 4) is 11.3 Å². The summed E-state index contributed by atoms with van der Waals surface area (Å²) in [5.74, 6) is 0.651. The molecule has 0 unspecified atom stereocenters. The predicted molar refractivity (Wildman–Crippen MR) is 71.5 cm³/mol. The Balaban J connectivity index is 2.40. The fourth-order valence-electron chi connectivity index (χ4n) is 2.15. The van der Waals surface area contributed by atoms with Gasteiger partial charge >= 0.3 is 0 Å². The highest BCUT2D eigenvalue weighted by Crippen LogP contribution is 2.32. The number of hydrogen-bond acceptors (Lipinski definition) is 3. The number of furan rings is 1. The lowest BCUT2D eigenvalue weighted by molar-refractivity contribution is 0.484. The van der Waals surface area contributed by atoms with Crippen molar-refractivity contribution in [1.29, 1.82) is 0 Å². The molecule has 5 heteroatoms. The maximum atomic E-state index is 11.4. The standard InChI is InChI=1S/C14H10O4S/c15-19(16,17)14-8-2-4-10-11(5-1-6-12(10)14)13-7-3-9-18-13/h1-9H,(H,15,16,17). The first-order chi connectivity index (χ1) is 9.07. The van der Waals surface area contributed by atoms with E-state index in [4.69, 9.17) is 4.42 Å². The topological polar surface area (TPSA) is 67.5 Å². The van der Waals surface area contributed by atoms with Gasteiger partial charge in [-0.15, -0.1) is 0 Å². The summed E-state index contributed by atoms with van der Waals surface area (Å²) >= 11 is 0. The fourth-order valence-corrected chi connectivity index (χ4v) is 2.86. The average molecular weight is 274 g/mol. The van der Waals surface area contributed by atoms with Gasteiger partial charge in [0.05, 0.1) is 6.26 Å². The van der Waals surface area contributed by atoms with Gasteiger partial charge in [-0.3, -0.25) is 4.55 Å². The molecule has 0 aliphatic rings. The Labute approximate surface area is 110 Å². The van der Waals surface area contributed by atoms with Crippen LogP contribution in [0.15, 0.2) is 64.1 Å². The summed E-state index contributed by atoms with van der Waals surface area (Å²) in [6.45, 7) is 0. The van der Waals surface area contributed by atoms with Crippen molar-refractivity contribution in [3.63, 3.8) is 0 Å². The molecule has 4 nitrogen and oxygen atoms in total. The van der Waals surface area contributed by atoms with Crippen LogP contribution in [0.3, 0.4) is 0 Å². The third-order valence-corrected chi connectivity index (χ3v) is 3.86. The van der Waals surface area contributed by atoms with Gasteiger partial charge in [0.25, 0.3) is 10.1 Å². The quantitative estimate of drug-likeness (QED) is 0.728. The predicted octanol–water partition coefficient (Wildman–Crippen LogP) is 3.35. The molecule has 19 heavy (non-hydrogen) atoms. The van der Waals surface area contributed by atoms with E-state index in [0.29, 0.717) is 16.5 Å². The molecule has 3 rings (SSSR count). The first-order valence-corrected chi connectivity index (χ1v) is 7.04. The average Bonchev–Trinajstić information content (AvgIpc) is 2.90. The smallest absolute Gasteiger partial charge is 0.295 e. The molecule has 96 valence electrons. The van der Waals surface area contributed by atoms with Crippen molar-refractivity contribution in [3.05, 3.63) is 54.8 Å². The molecule has 0 fully saturated rings. The van der Waals surface area contributed by atoms with Gasteiger partial charge in [0.1, 0.15) is 10.7 Å². The van der Waals surface area contributed by atoms with Crippen LogP contribution in [0.4, 0.5) is 0 Å². The van der Waals surface area contributed by atoms with E-state index in [9.17, 15) is 13.0 Å². The minimum absolute atomic E-state index is 0.0987. The summed E-state index contributed by atoms with van der Waals surface area (Å²) in [5.41, 5.74) is 0.785. The van der Waals surface area contributed by atoms with E-state index in [0.717, 1.165) is 5.56 Å². The van der Waals surface area contributed by atoms with Gasteiger partial charge in [-0.1, -0.05) is 30.3 Å². The molecule has 1 N–H and O–H groups in total. The van der Waals surface area contributed by atoms with E-state index in [1.165, 1.54) is 6.07 Å². The molecule has 2 aromatic carbocycles. The van der Waals surface area contributed by atoms with Gasteiger partial charge in [0.15, 0.2) is 0 Å². The van der Waals surface area contributed by atoms with E-state index < -0.39 is 10.1 Å². The van der Waals surface area contributed by atoms with E-state index in [1.807, 2.05) is 6.07 Å². The zero-order valence-corrected chi connectivity index (χ0v) is 10.6. The highest BCUT2D eigenvalue weighted by molar-refractivity contribution is 7.86. The lowest BCUT2D eigenvalue weighted by Crippen LogP contribution is -1.99. The van der Waals surface area contributed by atoms with Gasteiger partial charge in [-0.2, -0.15) is 8.42 Å². The summed E-state index contributed by atoms with van der Waals surface area (Å²) in [6, 6.07) is 13.6. The Hall–Kier alpha value is -2.11. The van der Waals surface area contributed by atoms with Crippen LogP contribution < -0.4 is 0 Å². The van der Waals surface area contributed by atoms with Crippen molar-refractivity contribution in [2.75, 3.05) is 0 Å². The van der Waals surface area contributed by atoms with Crippen LogP contribution in [0.2, 0.25) is 0 Å². The van der Waals surface area contributed by atoms with Crippen molar-refractivity contribution >= 4 is 20.9 Å². The molecule has 0 amide bonds. The molecule has 0 bridgehead atoms. The SMILES string of the molecule is O=S(=O)(O)c1cccc2c(-c3ccco3)cccc12. The van der Waals surface area contributed by atoms with Crippen LogP contribution in [0.5, 0.6) is 0 Å². The van der Waals surface area contributed by atoms with E-state index in [1.54, 1.807) is 42.7 Å². The minimum Gasteiger partial charge on any atom is -0.464 e. The second-order valence-corrected chi connectivity index (χ2v) is 5.50. The fraction of sp³-hybridized carbons (Fsp3) is 0. The molecule has 1 aromatic heterocycles. The summed E-state index contributed by atoms with van der Waals surface area (Å²) in [4.78, 5) is -0.0987. The molecule has 0 aliphatic heterocycles. The third kappa shape index (κ3) is 2.03. The Morgan fingerprint density at radius 1 is 0.895 bits per heavy atom. The summed E-state index contributed by atoms with van der Waals surface area (Å²) in [5, 5.41) is 1.19. The Morgan fingerprint density at radius 2 is 1.63 bits per heavy atom. The van der Waals surface area contributed by atoms with Crippen molar-refractivity contribution < 1.29 is 17.4 Å². The Morgan fingerprint density at radius 3 is 2.32 bits per heavy atom. The van der Waals surface area contributed by atoms with Crippen LogP contribution in [0.25, 0.3) is 22.1 Å². The first kappa shape index (κ1) is 12.0. The van der Waals surface area contributed by atoms with Gasteiger partial charge in [-0.05, 0) is 23.6 Å². The zero-order valence-electron chi connectivity index (χ0n) is 9.78. The van der Waals surface area contributed by atoms with Gasteiger partial charge in [0.2, 0.25) is 0 Å². The Kier molecular flexibility index (Phi) is 2.66. The second-order valence-electron chi connectivity index (χ2n) is 4.11. The maximum absolute atomic E-state index is 11.4. The lowest BCUT2D eigenvalue weighted by atomic mass is 10.0. The van der Waals surface area contributed by atoms with Crippen molar-refractivity contribution in [2.45, 2.75) is 4.90 Å². The largest absolute Gasteiger partial charge is 0.464 e. The van der Waals surface area contributed by atoms with E-state index in [2.05, 4.69) is 0 Å². The molecule has 3 aromatic rings. The molecule has 0 spiro atoms. The third-order valence-electron chi connectivity index (χ3n) is 2.95. The highest BCUT2D eigenvalue weighted by atomic mass is 32.2. The lowest BCUT2D eigenvalue weighted by Gasteiger charge is -2.07. The van der Waals surface area contributed by atoms with Gasteiger partial charge in [0, 0.05) is 10.9 Å². The number of hydrogen-bond donors (Lipinski definition) is 1. The van der Waals surface area contributed by atoms with E-state index >= 15 is 0 Å². The molecular weight excluding hydrogens is 264 g/mol. The molecule has 0 aliphatic carbocycles. The Bertz CT molecular complexity index is 833. The van der Waals surface area contributed by atoms with Crippen LogP contribution >= 0.6 is 0 Å². The van der Waals surface area contributed by atoms with Crippen molar-refractivity contribution in [1.82, 2.24) is 0 Å². The zero-order chi connectivity index (χ0) is 13.5. The maximum Gasteiger partial charge on any atom is 0.295 e. The molecule has 0 radical (unpaired) electrons. The second kappa shape index (κ2) is 4.22. The highest BCUT2D eigenvalue weighted by Gasteiger charge is 2.15. The molecule has 0 saturated heterocycles. The van der Waals surface area contributed by atoms with Crippen LogP contribution in [0.1, 0.15) is 0 Å². The van der Waals surface area contributed by atoms with Crippen molar-refractivity contribution in [2.24, 2.45) is 0 Å².